The molecular formula is C27H27N3O+2. The van der Waals surface area contributed by atoms with Gasteiger partial charge in [0.25, 0.3) is 0 Å². The van der Waals surface area contributed by atoms with Crippen LogP contribution in [0.1, 0.15) is 30.8 Å². The average Bonchev–Trinajstić information content (AvgIpc) is 2.81. The lowest BCUT2D eigenvalue weighted by atomic mass is 9.97. The van der Waals surface area contributed by atoms with Gasteiger partial charge in [-0.3, -0.25) is 0 Å². The summed E-state index contributed by atoms with van der Waals surface area (Å²) >= 11 is 0. The molecule has 0 fully saturated rings. The molecule has 0 bridgehead atoms. The first kappa shape index (κ1) is 19.3. The van der Waals surface area contributed by atoms with E-state index in [2.05, 4.69) is 119 Å². The van der Waals surface area contributed by atoms with E-state index in [0.29, 0.717) is 6.54 Å². The van der Waals surface area contributed by atoms with Crippen LogP contribution < -0.4 is 18.8 Å². The third-order valence-corrected chi connectivity index (χ3v) is 5.84. The molecule has 31 heavy (non-hydrogen) atoms. The van der Waals surface area contributed by atoms with E-state index in [9.17, 15) is 0 Å². The lowest BCUT2D eigenvalue weighted by molar-refractivity contribution is -0.695. The van der Waals surface area contributed by atoms with Crippen molar-refractivity contribution in [2.75, 3.05) is 11.4 Å². The number of aromatic nitrogens is 2. The van der Waals surface area contributed by atoms with Crippen molar-refractivity contribution >= 4 is 23.4 Å². The van der Waals surface area contributed by atoms with Crippen LogP contribution in [0.25, 0.3) is 17.7 Å². The third kappa shape index (κ3) is 3.66. The maximum Gasteiger partial charge on any atom is 0.208 e. The van der Waals surface area contributed by atoms with Crippen molar-refractivity contribution in [2.24, 2.45) is 0 Å². The highest BCUT2D eigenvalue weighted by molar-refractivity contribution is 5.96. The zero-order valence-corrected chi connectivity index (χ0v) is 18.0. The quantitative estimate of drug-likeness (QED) is 0.587. The van der Waals surface area contributed by atoms with Crippen molar-refractivity contribution in [3.63, 3.8) is 0 Å². The molecule has 0 saturated heterocycles. The molecule has 1 aromatic carbocycles. The Hall–Kier alpha value is -3.66. The number of para-hydroxylation sites is 1. The molecule has 4 heteroatoms. The van der Waals surface area contributed by atoms with E-state index in [0.717, 1.165) is 36.0 Å². The monoisotopic (exact) mass is 409 g/mol. The van der Waals surface area contributed by atoms with Crippen LogP contribution in [-0.4, -0.2) is 6.54 Å². The van der Waals surface area contributed by atoms with Crippen LogP contribution in [0.5, 0.6) is 5.75 Å². The summed E-state index contributed by atoms with van der Waals surface area (Å²) < 4.78 is 10.8. The zero-order valence-electron chi connectivity index (χ0n) is 18.0. The molecule has 3 aromatic rings. The summed E-state index contributed by atoms with van der Waals surface area (Å²) in [4.78, 5) is 2.29. The molecule has 0 spiro atoms. The van der Waals surface area contributed by atoms with Crippen molar-refractivity contribution in [3.05, 3.63) is 102 Å². The van der Waals surface area contributed by atoms with Gasteiger partial charge in [-0.25, -0.2) is 0 Å². The summed E-state index contributed by atoms with van der Waals surface area (Å²) in [7, 11) is 0. The van der Waals surface area contributed by atoms with Crippen molar-refractivity contribution in [3.8, 4) is 5.75 Å². The molecule has 0 saturated carbocycles. The van der Waals surface area contributed by atoms with Gasteiger partial charge in [0.15, 0.2) is 18.1 Å². The number of hydrogen-bond donors (Lipinski definition) is 0. The Balaban J connectivity index is 1.54. The Morgan fingerprint density at radius 3 is 2.29 bits per heavy atom. The van der Waals surface area contributed by atoms with Gasteiger partial charge in [-0.05, 0) is 43.7 Å². The van der Waals surface area contributed by atoms with Crippen molar-refractivity contribution < 1.29 is 13.9 Å². The van der Waals surface area contributed by atoms with E-state index in [1.165, 1.54) is 16.8 Å². The molecule has 5 rings (SSSR count). The normalized spacial score (nSPS) is 17.0. The first-order valence-electron chi connectivity index (χ1n) is 10.9. The molecule has 2 aliphatic rings. The molecule has 4 heterocycles. The summed E-state index contributed by atoms with van der Waals surface area (Å²) in [5.74, 6) is 1.85. The van der Waals surface area contributed by atoms with Crippen molar-refractivity contribution in [1.82, 2.24) is 0 Å². The molecule has 0 unspecified atom stereocenters. The van der Waals surface area contributed by atoms with Gasteiger partial charge in [-0.2, -0.15) is 9.13 Å². The maximum absolute atomic E-state index is 6.37. The van der Waals surface area contributed by atoms with E-state index < -0.39 is 0 Å². The van der Waals surface area contributed by atoms with Gasteiger partial charge in [0.2, 0.25) is 11.4 Å². The predicted octanol–water partition coefficient (Wildman–Crippen LogP) is 4.61. The van der Waals surface area contributed by atoms with E-state index in [4.69, 9.17) is 4.74 Å². The molecular weight excluding hydrogens is 382 g/mol. The summed E-state index contributed by atoms with van der Waals surface area (Å²) in [6, 6.07) is 18.9. The number of aryl methyl sites for hydroxylation is 2. The fourth-order valence-corrected chi connectivity index (χ4v) is 4.28. The lowest BCUT2D eigenvalue weighted by Crippen LogP contribution is -2.36. The first-order chi connectivity index (χ1) is 15.3. The first-order valence-corrected chi connectivity index (χ1v) is 10.9. The number of rotatable bonds is 4. The standard InChI is InChI=1S/C27H27N3O/c1-3-28-15-7-5-10-22(28)18-21-14-17-30-20-24(19-23-11-6-8-16-29(23)4-2)31-26-13-9-12-25(21)27(26)30/h5-19H,3-4,20H2,1-2H3/q+2/b24-19+. The van der Waals surface area contributed by atoms with E-state index >= 15 is 0 Å². The van der Waals surface area contributed by atoms with Gasteiger partial charge in [0, 0.05) is 42.1 Å². The predicted molar refractivity (Wildman–Crippen MR) is 124 cm³/mol. The minimum atomic E-state index is 0.715. The molecule has 0 aliphatic carbocycles. The second-order valence-corrected chi connectivity index (χ2v) is 7.73. The molecule has 2 aromatic heterocycles. The van der Waals surface area contributed by atoms with Crippen LogP contribution in [0.3, 0.4) is 0 Å². The fourth-order valence-electron chi connectivity index (χ4n) is 4.28. The molecule has 0 radical (unpaired) electrons. The van der Waals surface area contributed by atoms with E-state index in [1.54, 1.807) is 0 Å². The summed E-state index contributed by atoms with van der Waals surface area (Å²) in [6.07, 6.45) is 13.0. The van der Waals surface area contributed by atoms with Crippen LogP contribution in [0.2, 0.25) is 0 Å². The van der Waals surface area contributed by atoms with Gasteiger partial charge < -0.3 is 9.64 Å². The highest BCUT2D eigenvalue weighted by Crippen LogP contribution is 2.44. The molecule has 2 aliphatic heterocycles. The van der Waals surface area contributed by atoms with Crippen molar-refractivity contribution in [1.29, 1.82) is 0 Å². The van der Waals surface area contributed by atoms with Gasteiger partial charge in [0.1, 0.15) is 18.8 Å². The number of allylic oxidation sites excluding steroid dienone is 2. The van der Waals surface area contributed by atoms with Crippen molar-refractivity contribution in [2.45, 2.75) is 26.9 Å². The zero-order chi connectivity index (χ0) is 21.2. The van der Waals surface area contributed by atoms with Gasteiger partial charge in [0.05, 0.1) is 18.3 Å². The lowest BCUT2D eigenvalue weighted by Gasteiger charge is -2.34. The Kier molecular flexibility index (Phi) is 5.13. The summed E-state index contributed by atoms with van der Waals surface area (Å²) in [5.41, 5.74) is 5.89. The fraction of sp³-hybridized carbons (Fsp3) is 0.185. The third-order valence-electron chi connectivity index (χ3n) is 5.84. The second kappa shape index (κ2) is 8.23. The highest BCUT2D eigenvalue weighted by Gasteiger charge is 2.27. The van der Waals surface area contributed by atoms with Crippen LogP contribution in [0.4, 0.5) is 5.69 Å². The summed E-state index contributed by atoms with van der Waals surface area (Å²) in [6.45, 7) is 6.91. The van der Waals surface area contributed by atoms with Crippen LogP contribution >= 0.6 is 0 Å². The second-order valence-electron chi connectivity index (χ2n) is 7.73. The topological polar surface area (TPSA) is 20.2 Å². The Labute approximate surface area is 183 Å². The van der Waals surface area contributed by atoms with Gasteiger partial charge in [-0.15, -0.1) is 0 Å². The van der Waals surface area contributed by atoms with E-state index in [1.807, 2.05) is 0 Å². The number of hydrogen-bond acceptors (Lipinski definition) is 2. The minimum Gasteiger partial charge on any atom is -0.457 e. The smallest absolute Gasteiger partial charge is 0.208 e. The van der Waals surface area contributed by atoms with Crippen LogP contribution in [0.15, 0.2) is 85.0 Å². The largest absolute Gasteiger partial charge is 0.457 e. The van der Waals surface area contributed by atoms with E-state index in [-0.39, 0.29) is 0 Å². The Morgan fingerprint density at radius 2 is 1.58 bits per heavy atom. The number of nitrogens with zero attached hydrogens (tertiary/aromatic N) is 3. The number of anilines is 1. The number of benzene rings is 1. The Bertz CT molecular complexity index is 1220. The minimum absolute atomic E-state index is 0.715. The van der Waals surface area contributed by atoms with Gasteiger partial charge >= 0.3 is 0 Å². The highest BCUT2D eigenvalue weighted by atomic mass is 16.5. The maximum atomic E-state index is 6.37. The number of pyridine rings is 2. The molecule has 0 N–H and O–H groups in total. The molecule has 0 atom stereocenters. The Morgan fingerprint density at radius 1 is 0.871 bits per heavy atom. The number of ether oxygens (including phenoxy) is 1. The summed E-state index contributed by atoms with van der Waals surface area (Å²) in [5, 5.41) is 0. The SMILES string of the molecule is CC[n+]1ccccc1/C=C1/C=CN2C/C(=C\c3cccc[n+]3CC)Oc3cccc1c32. The molecule has 0 amide bonds. The van der Waals surface area contributed by atoms with Gasteiger partial charge in [-0.1, -0.05) is 12.1 Å². The van der Waals surface area contributed by atoms with Crippen LogP contribution in [-0.2, 0) is 13.1 Å². The average molecular weight is 410 g/mol. The molecule has 154 valence electrons. The molecule has 4 nitrogen and oxygen atoms in total. The van der Waals surface area contributed by atoms with Crippen LogP contribution in [0, 0.1) is 0 Å².